The van der Waals surface area contributed by atoms with E-state index in [1.165, 1.54) is 11.1 Å². The van der Waals surface area contributed by atoms with E-state index in [9.17, 15) is 9.59 Å². The molecule has 1 aromatic rings. The van der Waals surface area contributed by atoms with Gasteiger partial charge in [-0.05, 0) is 43.4 Å². The molecule has 1 aliphatic carbocycles. The van der Waals surface area contributed by atoms with Gasteiger partial charge in [0.05, 0.1) is 0 Å². The van der Waals surface area contributed by atoms with Gasteiger partial charge in [-0.3, -0.25) is 9.59 Å². The molecule has 0 aromatic heterocycles. The molecule has 3 heteroatoms. The second kappa shape index (κ2) is 6.00. The van der Waals surface area contributed by atoms with Crippen LogP contribution in [0.2, 0.25) is 0 Å². The third-order valence-corrected chi connectivity index (χ3v) is 3.95. The number of nitrogens with one attached hydrogen (secondary N) is 1. The van der Waals surface area contributed by atoms with Gasteiger partial charge in [-0.15, -0.1) is 0 Å². The zero-order valence-electron chi connectivity index (χ0n) is 11.7. The zero-order chi connectivity index (χ0) is 13.8. The van der Waals surface area contributed by atoms with E-state index in [-0.39, 0.29) is 11.8 Å². The van der Waals surface area contributed by atoms with Gasteiger partial charge in [0.15, 0.2) is 0 Å². The Morgan fingerprint density at radius 1 is 1.21 bits per heavy atom. The van der Waals surface area contributed by atoms with Crippen LogP contribution in [-0.4, -0.2) is 11.7 Å². The quantitative estimate of drug-likeness (QED) is 0.907. The lowest BCUT2D eigenvalue weighted by molar-refractivity contribution is -0.128. The highest BCUT2D eigenvalue weighted by Crippen LogP contribution is 2.21. The van der Waals surface area contributed by atoms with E-state index < -0.39 is 0 Å². The molecule has 0 unspecified atom stereocenters. The predicted octanol–water partition coefficient (Wildman–Crippen LogP) is 2.68. The fourth-order valence-corrected chi connectivity index (χ4v) is 2.45. The van der Waals surface area contributed by atoms with Crippen molar-refractivity contribution in [3.8, 4) is 0 Å². The Labute approximate surface area is 114 Å². The van der Waals surface area contributed by atoms with Gasteiger partial charge in [0, 0.05) is 25.3 Å². The number of ketones is 1. The van der Waals surface area contributed by atoms with Crippen LogP contribution in [0, 0.1) is 19.8 Å². The molecule has 0 atom stereocenters. The number of hydrogen-bond acceptors (Lipinski definition) is 2. The number of carbonyl (C=O) groups excluding carboxylic acids is 2. The molecule has 0 aliphatic heterocycles. The molecule has 1 N–H and O–H groups in total. The van der Waals surface area contributed by atoms with Crippen LogP contribution >= 0.6 is 0 Å². The van der Waals surface area contributed by atoms with E-state index in [4.69, 9.17) is 0 Å². The smallest absolute Gasteiger partial charge is 0.223 e. The van der Waals surface area contributed by atoms with Crippen LogP contribution in [0.1, 0.15) is 42.4 Å². The normalized spacial score (nSPS) is 16.4. The van der Waals surface area contributed by atoms with Gasteiger partial charge in [-0.1, -0.05) is 18.2 Å². The topological polar surface area (TPSA) is 46.2 Å². The molecule has 102 valence electrons. The summed E-state index contributed by atoms with van der Waals surface area (Å²) in [5.41, 5.74) is 3.64. The predicted molar refractivity (Wildman–Crippen MR) is 74.7 cm³/mol. The van der Waals surface area contributed by atoms with E-state index in [0.717, 1.165) is 5.56 Å². The van der Waals surface area contributed by atoms with Crippen LogP contribution in [0.15, 0.2) is 18.2 Å². The highest BCUT2D eigenvalue weighted by Gasteiger charge is 2.24. The number of carbonyl (C=O) groups is 2. The number of benzene rings is 1. The van der Waals surface area contributed by atoms with Gasteiger partial charge in [0.25, 0.3) is 0 Å². The average Bonchev–Trinajstić information content (AvgIpc) is 2.40. The van der Waals surface area contributed by atoms with Crippen molar-refractivity contribution in [1.29, 1.82) is 0 Å². The monoisotopic (exact) mass is 259 g/mol. The van der Waals surface area contributed by atoms with Crippen LogP contribution in [0.5, 0.6) is 0 Å². The van der Waals surface area contributed by atoms with Crippen molar-refractivity contribution < 1.29 is 9.59 Å². The first-order valence-electron chi connectivity index (χ1n) is 6.92. The molecule has 1 aliphatic rings. The molecule has 0 radical (unpaired) electrons. The summed E-state index contributed by atoms with van der Waals surface area (Å²) in [6.45, 7) is 4.73. The summed E-state index contributed by atoms with van der Waals surface area (Å²) in [6, 6.07) is 6.24. The lowest BCUT2D eigenvalue weighted by Crippen LogP contribution is -2.32. The highest BCUT2D eigenvalue weighted by molar-refractivity contribution is 5.84. The first-order chi connectivity index (χ1) is 9.06. The van der Waals surface area contributed by atoms with Gasteiger partial charge in [0.1, 0.15) is 5.78 Å². The molecule has 0 spiro atoms. The first kappa shape index (κ1) is 13.8. The van der Waals surface area contributed by atoms with Crippen molar-refractivity contribution in [1.82, 2.24) is 5.32 Å². The van der Waals surface area contributed by atoms with Crippen molar-refractivity contribution >= 4 is 11.7 Å². The third-order valence-electron chi connectivity index (χ3n) is 3.95. The maximum atomic E-state index is 12.0. The summed E-state index contributed by atoms with van der Waals surface area (Å²) in [4.78, 5) is 23.2. The maximum Gasteiger partial charge on any atom is 0.223 e. The third kappa shape index (κ3) is 3.66. The zero-order valence-corrected chi connectivity index (χ0v) is 11.7. The lowest BCUT2D eigenvalue weighted by Gasteiger charge is -2.20. The number of hydrogen-bond donors (Lipinski definition) is 1. The standard InChI is InChI=1S/C16H21NO2/c1-11-3-4-13(9-12(11)2)10-17-16(19)14-5-7-15(18)8-6-14/h3-4,9,14H,5-8,10H2,1-2H3,(H,17,19). The molecule has 0 saturated heterocycles. The minimum atomic E-state index is 0.0178. The van der Waals surface area contributed by atoms with E-state index in [2.05, 4.69) is 31.3 Å². The summed E-state index contributed by atoms with van der Waals surface area (Å²) >= 11 is 0. The Bertz CT molecular complexity index is 484. The highest BCUT2D eigenvalue weighted by atomic mass is 16.2. The summed E-state index contributed by atoms with van der Waals surface area (Å²) < 4.78 is 0. The van der Waals surface area contributed by atoms with Crippen molar-refractivity contribution in [3.05, 3.63) is 34.9 Å². The Morgan fingerprint density at radius 3 is 2.53 bits per heavy atom. The second-order valence-electron chi connectivity index (χ2n) is 5.45. The summed E-state index contributed by atoms with van der Waals surface area (Å²) in [6.07, 6.45) is 2.53. The Kier molecular flexibility index (Phi) is 4.35. The molecule has 1 saturated carbocycles. The Balaban J connectivity index is 1.86. The van der Waals surface area contributed by atoms with Gasteiger partial charge in [-0.25, -0.2) is 0 Å². The first-order valence-corrected chi connectivity index (χ1v) is 6.92. The lowest BCUT2D eigenvalue weighted by atomic mass is 9.88. The molecule has 1 aromatic carbocycles. The SMILES string of the molecule is Cc1ccc(CNC(=O)C2CCC(=O)CC2)cc1C. The van der Waals surface area contributed by atoms with Crippen LogP contribution in [0.3, 0.4) is 0 Å². The van der Waals surface area contributed by atoms with E-state index >= 15 is 0 Å². The molecule has 3 nitrogen and oxygen atoms in total. The fourth-order valence-electron chi connectivity index (χ4n) is 2.45. The van der Waals surface area contributed by atoms with E-state index in [1.807, 2.05) is 6.07 Å². The molecule has 1 fully saturated rings. The second-order valence-corrected chi connectivity index (χ2v) is 5.45. The fraction of sp³-hybridized carbons (Fsp3) is 0.500. The van der Waals surface area contributed by atoms with Crippen molar-refractivity contribution in [2.24, 2.45) is 5.92 Å². The minimum Gasteiger partial charge on any atom is -0.352 e. The van der Waals surface area contributed by atoms with Crippen LogP contribution < -0.4 is 5.32 Å². The van der Waals surface area contributed by atoms with E-state index in [0.29, 0.717) is 38.0 Å². The minimum absolute atomic E-state index is 0.0178. The number of amides is 1. The van der Waals surface area contributed by atoms with Gasteiger partial charge in [-0.2, -0.15) is 0 Å². The van der Waals surface area contributed by atoms with Gasteiger partial charge in [0.2, 0.25) is 5.91 Å². The van der Waals surface area contributed by atoms with E-state index in [1.54, 1.807) is 0 Å². The van der Waals surface area contributed by atoms with Crippen LogP contribution in [-0.2, 0) is 16.1 Å². The van der Waals surface area contributed by atoms with Crippen molar-refractivity contribution in [2.45, 2.75) is 46.1 Å². The average molecular weight is 259 g/mol. The molecule has 0 heterocycles. The number of rotatable bonds is 3. The molecular weight excluding hydrogens is 238 g/mol. The Morgan fingerprint density at radius 2 is 1.89 bits per heavy atom. The Hall–Kier alpha value is -1.64. The molecule has 19 heavy (non-hydrogen) atoms. The summed E-state index contributed by atoms with van der Waals surface area (Å²) in [5, 5.41) is 2.98. The summed E-state index contributed by atoms with van der Waals surface area (Å²) in [5.74, 6) is 0.396. The van der Waals surface area contributed by atoms with Crippen LogP contribution in [0.4, 0.5) is 0 Å². The number of aryl methyl sites for hydroxylation is 2. The van der Waals surface area contributed by atoms with Crippen molar-refractivity contribution in [2.75, 3.05) is 0 Å². The molecule has 2 rings (SSSR count). The largest absolute Gasteiger partial charge is 0.352 e. The molecule has 0 bridgehead atoms. The van der Waals surface area contributed by atoms with Gasteiger partial charge < -0.3 is 5.32 Å². The molecule has 1 amide bonds. The van der Waals surface area contributed by atoms with Crippen LogP contribution in [0.25, 0.3) is 0 Å². The molecular formula is C16H21NO2. The maximum absolute atomic E-state index is 12.0. The number of Topliss-reactive ketones (excluding diaryl/α,β-unsaturated/α-hetero) is 1. The summed E-state index contributed by atoms with van der Waals surface area (Å²) in [7, 11) is 0. The van der Waals surface area contributed by atoms with Gasteiger partial charge >= 0.3 is 0 Å². The van der Waals surface area contributed by atoms with Crippen molar-refractivity contribution in [3.63, 3.8) is 0 Å².